The van der Waals surface area contributed by atoms with Crippen molar-refractivity contribution >= 4 is 34.7 Å². The molecule has 2 aromatic carbocycles. The fourth-order valence-corrected chi connectivity index (χ4v) is 2.47. The van der Waals surface area contributed by atoms with Crippen molar-refractivity contribution in [1.29, 1.82) is 0 Å². The van der Waals surface area contributed by atoms with Crippen LogP contribution in [-0.2, 0) is 0 Å². The third-order valence-corrected chi connectivity index (χ3v) is 4.00. The average Bonchev–Trinajstić information content (AvgIpc) is 2.58. The summed E-state index contributed by atoms with van der Waals surface area (Å²) in [5.74, 6) is 0.224. The molecule has 1 amide bonds. The number of amides is 1. The minimum atomic E-state index is -0.292. The standard InChI is InChI=1S/C19H17ClN4O/c1-12-6-7-16(8-13(12)2)24-19(25)17-10-18(22-11-21-17)23-15-5-3-4-14(20)9-15/h3-11H,1-2H3,(H,24,25)(H,21,22,23). The molecule has 0 bridgehead atoms. The molecular formula is C19H17ClN4O. The molecule has 2 N–H and O–H groups in total. The summed E-state index contributed by atoms with van der Waals surface area (Å²) in [4.78, 5) is 20.6. The molecule has 0 saturated heterocycles. The van der Waals surface area contributed by atoms with E-state index in [1.54, 1.807) is 18.2 Å². The third kappa shape index (κ3) is 4.33. The zero-order chi connectivity index (χ0) is 17.8. The largest absolute Gasteiger partial charge is 0.340 e. The van der Waals surface area contributed by atoms with Crippen molar-refractivity contribution in [1.82, 2.24) is 9.97 Å². The summed E-state index contributed by atoms with van der Waals surface area (Å²) in [5, 5.41) is 6.57. The molecule has 0 aliphatic heterocycles. The highest BCUT2D eigenvalue weighted by Gasteiger charge is 2.10. The maximum absolute atomic E-state index is 12.4. The molecule has 0 atom stereocenters. The Bertz CT molecular complexity index is 927. The predicted octanol–water partition coefficient (Wildman–Crippen LogP) is 4.74. The van der Waals surface area contributed by atoms with Crippen LogP contribution in [0.1, 0.15) is 21.6 Å². The molecule has 0 fully saturated rings. The molecule has 0 radical (unpaired) electrons. The second-order valence-corrected chi connectivity index (χ2v) is 6.11. The Labute approximate surface area is 151 Å². The molecule has 0 aliphatic rings. The first-order chi connectivity index (χ1) is 12.0. The van der Waals surface area contributed by atoms with Crippen molar-refractivity contribution in [2.75, 3.05) is 10.6 Å². The van der Waals surface area contributed by atoms with Crippen LogP contribution in [0.15, 0.2) is 54.9 Å². The zero-order valence-electron chi connectivity index (χ0n) is 13.9. The number of rotatable bonds is 4. The van der Waals surface area contributed by atoms with E-state index in [0.29, 0.717) is 10.8 Å². The number of nitrogens with zero attached hydrogens (tertiary/aromatic N) is 2. The number of aryl methyl sites for hydroxylation is 2. The smallest absolute Gasteiger partial charge is 0.274 e. The van der Waals surface area contributed by atoms with E-state index < -0.39 is 0 Å². The van der Waals surface area contributed by atoms with Crippen LogP contribution in [0.25, 0.3) is 0 Å². The topological polar surface area (TPSA) is 66.9 Å². The average molecular weight is 353 g/mol. The molecule has 3 rings (SSSR count). The second-order valence-electron chi connectivity index (χ2n) is 5.68. The molecule has 1 heterocycles. The lowest BCUT2D eigenvalue weighted by Gasteiger charge is -2.09. The Balaban J connectivity index is 1.76. The summed E-state index contributed by atoms with van der Waals surface area (Å²) in [6.07, 6.45) is 1.35. The summed E-state index contributed by atoms with van der Waals surface area (Å²) in [7, 11) is 0. The number of halogens is 1. The van der Waals surface area contributed by atoms with Crippen LogP contribution in [0.4, 0.5) is 17.2 Å². The lowest BCUT2D eigenvalue weighted by atomic mass is 10.1. The lowest BCUT2D eigenvalue weighted by molar-refractivity contribution is 0.102. The number of carbonyl (C=O) groups excluding carboxylic acids is 1. The Hall–Kier alpha value is -2.92. The van der Waals surface area contributed by atoms with E-state index in [1.807, 2.05) is 44.2 Å². The highest BCUT2D eigenvalue weighted by molar-refractivity contribution is 6.30. The highest BCUT2D eigenvalue weighted by Crippen LogP contribution is 2.19. The number of hydrogen-bond donors (Lipinski definition) is 2. The van der Waals surface area contributed by atoms with Crippen LogP contribution in [0.5, 0.6) is 0 Å². The number of benzene rings is 2. The fraction of sp³-hybridized carbons (Fsp3) is 0.105. The maximum atomic E-state index is 12.4. The summed E-state index contributed by atoms with van der Waals surface area (Å²) >= 11 is 5.97. The van der Waals surface area contributed by atoms with Gasteiger partial charge in [0.05, 0.1) is 0 Å². The van der Waals surface area contributed by atoms with E-state index in [2.05, 4.69) is 20.6 Å². The number of carbonyl (C=O) groups is 1. The van der Waals surface area contributed by atoms with Crippen molar-refractivity contribution in [3.05, 3.63) is 76.7 Å². The van der Waals surface area contributed by atoms with Crippen LogP contribution in [0, 0.1) is 13.8 Å². The molecule has 0 spiro atoms. The van der Waals surface area contributed by atoms with Crippen molar-refractivity contribution in [2.45, 2.75) is 13.8 Å². The first kappa shape index (κ1) is 16.9. The van der Waals surface area contributed by atoms with Gasteiger partial charge in [0.2, 0.25) is 0 Å². The van der Waals surface area contributed by atoms with E-state index in [1.165, 1.54) is 11.9 Å². The molecule has 3 aromatic rings. The predicted molar refractivity (Wildman–Crippen MR) is 101 cm³/mol. The molecule has 0 saturated carbocycles. The third-order valence-electron chi connectivity index (χ3n) is 3.76. The van der Waals surface area contributed by atoms with E-state index >= 15 is 0 Å². The van der Waals surface area contributed by atoms with Gasteiger partial charge in [0.25, 0.3) is 5.91 Å². The van der Waals surface area contributed by atoms with Crippen LogP contribution in [0.2, 0.25) is 5.02 Å². The van der Waals surface area contributed by atoms with Crippen molar-refractivity contribution < 1.29 is 4.79 Å². The number of anilines is 3. The molecule has 0 unspecified atom stereocenters. The van der Waals surface area contributed by atoms with Gasteiger partial charge in [-0.15, -0.1) is 0 Å². The Morgan fingerprint density at radius 1 is 0.960 bits per heavy atom. The van der Waals surface area contributed by atoms with Gasteiger partial charge in [-0.2, -0.15) is 0 Å². The Kier molecular flexibility index (Phi) is 4.95. The van der Waals surface area contributed by atoms with Gasteiger partial charge in [-0.25, -0.2) is 9.97 Å². The van der Waals surface area contributed by atoms with Gasteiger partial charge < -0.3 is 10.6 Å². The highest BCUT2D eigenvalue weighted by atomic mass is 35.5. The van der Waals surface area contributed by atoms with Crippen molar-refractivity contribution in [3.63, 3.8) is 0 Å². The fourth-order valence-electron chi connectivity index (χ4n) is 2.28. The number of nitrogens with one attached hydrogen (secondary N) is 2. The summed E-state index contributed by atoms with van der Waals surface area (Å²) in [5.41, 5.74) is 4.08. The monoisotopic (exact) mass is 352 g/mol. The Morgan fingerprint density at radius 3 is 2.56 bits per heavy atom. The zero-order valence-corrected chi connectivity index (χ0v) is 14.6. The SMILES string of the molecule is Cc1ccc(NC(=O)c2cc(Nc3cccc(Cl)c3)ncn2)cc1C. The lowest BCUT2D eigenvalue weighted by Crippen LogP contribution is -2.14. The Morgan fingerprint density at radius 2 is 1.80 bits per heavy atom. The van der Waals surface area contributed by atoms with Gasteiger partial charge in [0.1, 0.15) is 17.8 Å². The van der Waals surface area contributed by atoms with Gasteiger partial charge in [0, 0.05) is 22.5 Å². The van der Waals surface area contributed by atoms with E-state index in [0.717, 1.165) is 16.9 Å². The van der Waals surface area contributed by atoms with Crippen molar-refractivity contribution in [3.8, 4) is 0 Å². The van der Waals surface area contributed by atoms with Crippen LogP contribution in [0.3, 0.4) is 0 Å². The van der Waals surface area contributed by atoms with Gasteiger partial charge in [-0.1, -0.05) is 23.7 Å². The molecule has 6 heteroatoms. The second kappa shape index (κ2) is 7.32. The van der Waals surface area contributed by atoms with Crippen LogP contribution in [-0.4, -0.2) is 15.9 Å². The minimum Gasteiger partial charge on any atom is -0.340 e. The van der Waals surface area contributed by atoms with E-state index in [9.17, 15) is 4.79 Å². The van der Waals surface area contributed by atoms with Gasteiger partial charge in [-0.05, 0) is 55.3 Å². The summed E-state index contributed by atoms with van der Waals surface area (Å²) in [6.45, 7) is 4.03. The molecule has 25 heavy (non-hydrogen) atoms. The van der Waals surface area contributed by atoms with Crippen molar-refractivity contribution in [2.24, 2.45) is 0 Å². The van der Waals surface area contributed by atoms with E-state index in [4.69, 9.17) is 11.6 Å². The molecule has 0 aliphatic carbocycles. The molecule has 5 nitrogen and oxygen atoms in total. The normalized spacial score (nSPS) is 10.4. The van der Waals surface area contributed by atoms with Crippen LogP contribution >= 0.6 is 11.6 Å². The number of aromatic nitrogens is 2. The van der Waals surface area contributed by atoms with Gasteiger partial charge in [-0.3, -0.25) is 4.79 Å². The summed E-state index contributed by atoms with van der Waals surface area (Å²) in [6, 6.07) is 14.6. The molecule has 126 valence electrons. The quantitative estimate of drug-likeness (QED) is 0.711. The first-order valence-electron chi connectivity index (χ1n) is 7.74. The van der Waals surface area contributed by atoms with Gasteiger partial charge in [0.15, 0.2) is 0 Å². The molecular weight excluding hydrogens is 336 g/mol. The van der Waals surface area contributed by atoms with E-state index in [-0.39, 0.29) is 11.6 Å². The first-order valence-corrected chi connectivity index (χ1v) is 8.12. The summed E-state index contributed by atoms with van der Waals surface area (Å²) < 4.78 is 0. The minimum absolute atomic E-state index is 0.276. The van der Waals surface area contributed by atoms with Crippen LogP contribution < -0.4 is 10.6 Å². The maximum Gasteiger partial charge on any atom is 0.274 e. The molecule has 1 aromatic heterocycles. The number of hydrogen-bond acceptors (Lipinski definition) is 4. The van der Waals surface area contributed by atoms with Gasteiger partial charge >= 0.3 is 0 Å².